The van der Waals surface area contributed by atoms with Crippen LogP contribution in [-0.4, -0.2) is 81.8 Å². The highest BCUT2D eigenvalue weighted by Gasteiger charge is 2.76. The number of hydrogen-bond acceptors (Lipinski definition) is 7. The molecule has 1 aliphatic carbocycles. The number of carbonyl (C=O) groups is 2. The summed E-state index contributed by atoms with van der Waals surface area (Å²) in [5, 5.41) is 10.6. The van der Waals surface area contributed by atoms with Crippen molar-refractivity contribution in [3.8, 4) is 11.5 Å². The number of halogens is 1. The van der Waals surface area contributed by atoms with E-state index in [2.05, 4.69) is 18.7 Å². The predicted octanol–water partition coefficient (Wildman–Crippen LogP) is 2.79. The zero-order valence-corrected chi connectivity index (χ0v) is 22.1. The Morgan fingerprint density at radius 3 is 2.69 bits per heavy atom. The third-order valence-corrected chi connectivity index (χ3v) is 10.8. The van der Waals surface area contributed by atoms with Gasteiger partial charge in [0, 0.05) is 44.0 Å². The number of carbonyl (C=O) groups excluding carboxylic acids is 2. The minimum Gasteiger partial charge on any atom is -0.485 e. The Labute approximate surface area is 215 Å². The summed E-state index contributed by atoms with van der Waals surface area (Å²) in [5.41, 5.74) is -0.521. The number of alkyl halides is 1. The fourth-order valence-electron chi connectivity index (χ4n) is 8.25. The highest BCUT2D eigenvalue weighted by molar-refractivity contribution is 6.39. The maximum Gasteiger partial charge on any atom is 0.251 e. The lowest BCUT2D eigenvalue weighted by atomic mass is 9.48. The summed E-state index contributed by atoms with van der Waals surface area (Å²) in [4.78, 5) is 35.1. The standard InChI is InChI=1S/C27H32ClN3O5/c1-23(2)16-10-27-17(32)8-9-31(27)13-25(16,30(5)22(27)34)12-26(28)14-6-7-15-20(19(14)29-21(23)26)35-11-18(33)24(3,4)36-15/h6-7,16,18,33H,8-13H2,1-5H3/t16-,18?,25+,26-,27+/m0/s1. The molecule has 4 saturated heterocycles. The van der Waals surface area contributed by atoms with Gasteiger partial charge in [0.15, 0.2) is 22.8 Å². The molecule has 1 unspecified atom stereocenters. The van der Waals surface area contributed by atoms with Crippen LogP contribution in [0.25, 0.3) is 0 Å². The lowest BCUT2D eigenvalue weighted by Gasteiger charge is -2.70. The number of likely N-dealkylation sites (N-methyl/N-ethyl adjacent to an activating group) is 1. The molecule has 36 heavy (non-hydrogen) atoms. The van der Waals surface area contributed by atoms with Crippen molar-refractivity contribution in [1.82, 2.24) is 9.80 Å². The van der Waals surface area contributed by atoms with Crippen LogP contribution in [0.4, 0.5) is 5.69 Å². The third-order valence-electron chi connectivity index (χ3n) is 10.3. The lowest BCUT2D eigenvalue weighted by molar-refractivity contribution is -0.195. The Morgan fingerprint density at radius 1 is 1.19 bits per heavy atom. The molecule has 1 saturated carbocycles. The zero-order valence-electron chi connectivity index (χ0n) is 21.4. The van der Waals surface area contributed by atoms with Crippen LogP contribution in [0.1, 0.15) is 52.5 Å². The molecule has 2 spiro atoms. The summed E-state index contributed by atoms with van der Waals surface area (Å²) in [6.07, 6.45) is 0.630. The Kier molecular flexibility index (Phi) is 4.12. The zero-order chi connectivity index (χ0) is 25.6. The Morgan fingerprint density at radius 2 is 1.94 bits per heavy atom. The normalized spacial score (nSPS) is 41.3. The lowest BCUT2D eigenvalue weighted by Crippen LogP contribution is -2.84. The second-order valence-electron chi connectivity index (χ2n) is 12.7. The molecule has 2 bridgehead atoms. The minimum absolute atomic E-state index is 0.0301. The molecule has 6 aliphatic heterocycles. The number of amides is 1. The number of piperazine rings is 1. The van der Waals surface area contributed by atoms with Gasteiger partial charge in [-0.25, -0.2) is 0 Å². The fraction of sp³-hybridized carbons (Fsp3) is 0.667. The van der Waals surface area contributed by atoms with Crippen LogP contribution in [0.3, 0.4) is 0 Å². The van der Waals surface area contributed by atoms with Crippen LogP contribution in [-0.2, 0) is 14.5 Å². The number of fused-ring (bicyclic) bond motifs is 6. The van der Waals surface area contributed by atoms with Gasteiger partial charge in [-0.05, 0) is 32.3 Å². The van der Waals surface area contributed by atoms with E-state index < -0.39 is 33.1 Å². The smallest absolute Gasteiger partial charge is 0.251 e. The minimum atomic E-state index is -1.05. The van der Waals surface area contributed by atoms with Gasteiger partial charge in [0.05, 0.1) is 11.3 Å². The number of hydrogen-bond donors (Lipinski definition) is 1. The fourth-order valence-corrected chi connectivity index (χ4v) is 8.92. The van der Waals surface area contributed by atoms with Gasteiger partial charge in [-0.2, -0.15) is 0 Å². The summed E-state index contributed by atoms with van der Waals surface area (Å²) < 4.78 is 12.3. The SMILES string of the molecule is CN1C(=O)[C@]23C[C@H]4C(C)(C)C5=Nc6c(ccc7c6OCC(O)C(C)(C)O7)[C@@]5(Cl)C[C@@]41CN2CCC3=O. The molecule has 6 heterocycles. The molecule has 1 amide bonds. The Bertz CT molecular complexity index is 1290. The summed E-state index contributed by atoms with van der Waals surface area (Å²) in [5.74, 6) is 1.02. The van der Waals surface area contributed by atoms with E-state index in [1.165, 1.54) is 0 Å². The van der Waals surface area contributed by atoms with E-state index in [9.17, 15) is 14.7 Å². The quantitative estimate of drug-likeness (QED) is 0.424. The summed E-state index contributed by atoms with van der Waals surface area (Å²) in [6, 6.07) is 3.81. The van der Waals surface area contributed by atoms with Crippen molar-refractivity contribution >= 4 is 34.7 Å². The maximum absolute atomic E-state index is 13.8. The second kappa shape index (κ2) is 6.45. The van der Waals surface area contributed by atoms with E-state index in [0.717, 1.165) is 11.3 Å². The van der Waals surface area contributed by atoms with Crippen molar-refractivity contribution in [2.24, 2.45) is 16.3 Å². The number of ether oxygens (including phenoxy) is 2. The molecule has 1 aromatic carbocycles. The maximum atomic E-state index is 13.8. The molecule has 1 N–H and O–H groups in total. The topological polar surface area (TPSA) is 91.7 Å². The average molecular weight is 514 g/mol. The number of aliphatic hydroxyl groups excluding tert-OH is 1. The van der Waals surface area contributed by atoms with Gasteiger partial charge in [-0.15, -0.1) is 11.6 Å². The van der Waals surface area contributed by atoms with Gasteiger partial charge in [-0.3, -0.25) is 19.5 Å². The van der Waals surface area contributed by atoms with E-state index in [1.807, 2.05) is 37.9 Å². The Balaban J connectivity index is 1.41. The van der Waals surface area contributed by atoms with Gasteiger partial charge in [0.2, 0.25) is 0 Å². The van der Waals surface area contributed by atoms with Gasteiger partial charge < -0.3 is 19.5 Å². The van der Waals surface area contributed by atoms with E-state index in [1.54, 1.807) is 0 Å². The molecule has 9 heteroatoms. The number of nitrogens with zero attached hydrogens (tertiary/aromatic N) is 3. The van der Waals surface area contributed by atoms with Crippen molar-refractivity contribution in [2.75, 3.05) is 26.7 Å². The molecule has 1 aromatic rings. The highest BCUT2D eigenvalue weighted by atomic mass is 35.5. The summed E-state index contributed by atoms with van der Waals surface area (Å²) >= 11 is 7.64. The monoisotopic (exact) mass is 513 g/mol. The van der Waals surface area contributed by atoms with Gasteiger partial charge in [0.1, 0.15) is 28.9 Å². The average Bonchev–Trinajstić information content (AvgIpc) is 3.25. The molecule has 0 aromatic heterocycles. The molecule has 0 radical (unpaired) electrons. The highest BCUT2D eigenvalue weighted by Crippen LogP contribution is 2.68. The van der Waals surface area contributed by atoms with Crippen molar-refractivity contribution in [3.05, 3.63) is 17.7 Å². The van der Waals surface area contributed by atoms with Crippen molar-refractivity contribution in [2.45, 2.75) is 74.6 Å². The van der Waals surface area contributed by atoms with Gasteiger partial charge >= 0.3 is 0 Å². The first-order chi connectivity index (χ1) is 16.8. The first kappa shape index (κ1) is 23.0. The van der Waals surface area contributed by atoms with Crippen LogP contribution in [0, 0.1) is 11.3 Å². The number of aliphatic imine (C=N–C) groups is 1. The molecule has 192 valence electrons. The van der Waals surface area contributed by atoms with Crippen molar-refractivity contribution in [3.63, 3.8) is 0 Å². The predicted molar refractivity (Wildman–Crippen MR) is 133 cm³/mol. The van der Waals surface area contributed by atoms with Gasteiger partial charge in [-0.1, -0.05) is 19.9 Å². The van der Waals surface area contributed by atoms with E-state index in [-0.39, 0.29) is 24.2 Å². The summed E-state index contributed by atoms with van der Waals surface area (Å²) in [7, 11) is 1.85. The second-order valence-corrected chi connectivity index (χ2v) is 13.3. The van der Waals surface area contributed by atoms with E-state index >= 15 is 0 Å². The number of benzene rings is 1. The van der Waals surface area contributed by atoms with Crippen LogP contribution in [0.5, 0.6) is 11.5 Å². The summed E-state index contributed by atoms with van der Waals surface area (Å²) in [6.45, 7) is 9.32. The van der Waals surface area contributed by atoms with E-state index in [4.69, 9.17) is 26.1 Å². The van der Waals surface area contributed by atoms with Crippen molar-refractivity contribution in [1.29, 1.82) is 0 Å². The molecule has 8 rings (SSSR count). The largest absolute Gasteiger partial charge is 0.485 e. The number of aliphatic hydroxyl groups is 1. The number of ketones is 1. The molecule has 7 aliphatic rings. The Hall–Kier alpha value is -2.16. The van der Waals surface area contributed by atoms with Gasteiger partial charge in [0.25, 0.3) is 5.91 Å². The molecular formula is C27H32ClN3O5. The van der Waals surface area contributed by atoms with Crippen LogP contribution in [0.2, 0.25) is 0 Å². The first-order valence-electron chi connectivity index (χ1n) is 12.8. The van der Waals surface area contributed by atoms with Crippen molar-refractivity contribution < 1.29 is 24.2 Å². The number of rotatable bonds is 0. The molecular weight excluding hydrogens is 482 g/mol. The van der Waals surface area contributed by atoms with E-state index in [0.29, 0.717) is 49.5 Å². The molecule has 5 atom stereocenters. The van der Waals surface area contributed by atoms with Crippen LogP contribution in [0.15, 0.2) is 17.1 Å². The molecule has 8 nitrogen and oxygen atoms in total. The van der Waals surface area contributed by atoms with Crippen LogP contribution >= 0.6 is 11.6 Å². The van der Waals surface area contributed by atoms with Crippen LogP contribution < -0.4 is 9.47 Å². The number of Topliss-reactive ketones (excluding diaryl/α,β-unsaturated/α-hetero) is 1. The first-order valence-corrected chi connectivity index (χ1v) is 13.2. The number of piperidine rings is 2. The molecule has 5 fully saturated rings. The third kappa shape index (κ3) is 2.34.